The predicted octanol–water partition coefficient (Wildman–Crippen LogP) is 4.35. The molecule has 2 aromatic rings. The summed E-state index contributed by atoms with van der Waals surface area (Å²) in [4.78, 5) is 12.5. The van der Waals surface area contributed by atoms with E-state index in [0.29, 0.717) is 5.92 Å². The van der Waals surface area contributed by atoms with Gasteiger partial charge in [0, 0.05) is 6.07 Å². The molecule has 0 unspecified atom stereocenters. The van der Waals surface area contributed by atoms with Gasteiger partial charge < -0.3 is 18.9 Å². The van der Waals surface area contributed by atoms with Crippen molar-refractivity contribution in [2.45, 2.75) is 42.9 Å². The Morgan fingerprint density at radius 2 is 1.53 bits per heavy atom. The van der Waals surface area contributed by atoms with Gasteiger partial charge >= 0.3 is 5.97 Å². The van der Waals surface area contributed by atoms with E-state index in [9.17, 15) is 13.2 Å². The number of nitrogens with one attached hydrogen (secondary N) is 1. The van der Waals surface area contributed by atoms with Crippen LogP contribution in [0.1, 0.15) is 53.9 Å². The minimum atomic E-state index is -4.04. The molecule has 0 spiro atoms. The number of methoxy groups -OCH3 is 4. The van der Waals surface area contributed by atoms with Gasteiger partial charge in [-0.25, -0.2) is 13.2 Å². The standard InChI is InChI=1S/C23H29NO7S/c1-28-19-14-18(23(25)31-4)20(22(30-3)21(19)29-2)24-32(26,27)17-12-10-16(11-13-17)15-8-6-5-7-9-15/h10-15,24H,5-9H2,1-4H3. The second-order valence-corrected chi connectivity index (χ2v) is 9.25. The highest BCUT2D eigenvalue weighted by atomic mass is 32.2. The minimum absolute atomic E-state index is 0.00894. The lowest BCUT2D eigenvalue weighted by Gasteiger charge is -2.22. The zero-order chi connectivity index (χ0) is 23.3. The zero-order valence-corrected chi connectivity index (χ0v) is 19.6. The van der Waals surface area contributed by atoms with Gasteiger partial charge in [-0.05, 0) is 36.5 Å². The van der Waals surface area contributed by atoms with E-state index in [1.165, 1.54) is 53.8 Å². The Morgan fingerprint density at radius 1 is 0.906 bits per heavy atom. The Kier molecular flexibility index (Phi) is 7.50. The largest absolute Gasteiger partial charge is 0.493 e. The van der Waals surface area contributed by atoms with E-state index in [1.54, 1.807) is 12.1 Å². The Balaban J connectivity index is 2.01. The predicted molar refractivity (Wildman–Crippen MR) is 121 cm³/mol. The van der Waals surface area contributed by atoms with Gasteiger partial charge in [-0.2, -0.15) is 0 Å². The Labute approximate surface area is 188 Å². The second-order valence-electron chi connectivity index (χ2n) is 7.57. The van der Waals surface area contributed by atoms with Crippen molar-refractivity contribution in [1.29, 1.82) is 0 Å². The summed E-state index contributed by atoms with van der Waals surface area (Å²) in [5.74, 6) is 0.0621. The molecular weight excluding hydrogens is 434 g/mol. The van der Waals surface area contributed by atoms with Crippen molar-refractivity contribution < 1.29 is 32.2 Å². The average molecular weight is 464 g/mol. The lowest BCUT2D eigenvalue weighted by molar-refractivity contribution is 0.0601. The molecule has 1 fully saturated rings. The molecule has 9 heteroatoms. The molecule has 3 rings (SSSR count). The smallest absolute Gasteiger partial charge is 0.340 e. The van der Waals surface area contributed by atoms with Crippen LogP contribution in [-0.4, -0.2) is 42.8 Å². The molecule has 0 aromatic heterocycles. The van der Waals surface area contributed by atoms with Crippen LogP contribution in [0.25, 0.3) is 0 Å². The van der Waals surface area contributed by atoms with Crippen molar-refractivity contribution in [2.75, 3.05) is 33.2 Å². The van der Waals surface area contributed by atoms with Crippen molar-refractivity contribution in [2.24, 2.45) is 0 Å². The van der Waals surface area contributed by atoms with Crippen molar-refractivity contribution in [3.8, 4) is 17.2 Å². The first kappa shape index (κ1) is 23.7. The lowest BCUT2D eigenvalue weighted by Crippen LogP contribution is -2.18. The highest BCUT2D eigenvalue weighted by Gasteiger charge is 2.28. The van der Waals surface area contributed by atoms with Gasteiger partial charge in [0.15, 0.2) is 11.5 Å². The number of hydrogen-bond acceptors (Lipinski definition) is 7. The molecule has 0 heterocycles. The summed E-state index contributed by atoms with van der Waals surface area (Å²) in [6.45, 7) is 0. The van der Waals surface area contributed by atoms with Crippen molar-refractivity contribution >= 4 is 21.7 Å². The molecule has 1 N–H and O–H groups in total. The van der Waals surface area contributed by atoms with E-state index in [1.807, 2.05) is 12.1 Å². The van der Waals surface area contributed by atoms with Gasteiger partial charge in [-0.1, -0.05) is 31.4 Å². The van der Waals surface area contributed by atoms with Crippen LogP contribution in [0.2, 0.25) is 0 Å². The molecule has 32 heavy (non-hydrogen) atoms. The normalized spacial score (nSPS) is 14.5. The van der Waals surface area contributed by atoms with Crippen LogP contribution in [0.3, 0.4) is 0 Å². The highest BCUT2D eigenvalue weighted by Crippen LogP contribution is 2.46. The van der Waals surface area contributed by atoms with Crippen LogP contribution in [0, 0.1) is 0 Å². The molecular formula is C23H29NO7S. The second kappa shape index (κ2) is 10.1. The van der Waals surface area contributed by atoms with Gasteiger partial charge in [-0.15, -0.1) is 0 Å². The van der Waals surface area contributed by atoms with Gasteiger partial charge in [0.25, 0.3) is 10.0 Å². The van der Waals surface area contributed by atoms with Crippen LogP contribution in [0.5, 0.6) is 17.2 Å². The number of benzene rings is 2. The summed E-state index contributed by atoms with van der Waals surface area (Å²) in [6.07, 6.45) is 5.89. The molecule has 1 saturated carbocycles. The van der Waals surface area contributed by atoms with Gasteiger partial charge in [0.1, 0.15) is 5.69 Å². The number of carbonyl (C=O) groups is 1. The first-order chi connectivity index (χ1) is 15.4. The number of hydrogen-bond donors (Lipinski definition) is 1. The molecule has 0 aliphatic heterocycles. The van der Waals surface area contributed by atoms with Gasteiger partial charge in [0.2, 0.25) is 5.75 Å². The Morgan fingerprint density at radius 3 is 2.06 bits per heavy atom. The molecule has 2 aromatic carbocycles. The van der Waals surface area contributed by atoms with Crippen molar-refractivity contribution in [3.63, 3.8) is 0 Å². The van der Waals surface area contributed by atoms with E-state index >= 15 is 0 Å². The molecule has 0 atom stereocenters. The summed E-state index contributed by atoms with van der Waals surface area (Å²) in [6, 6.07) is 8.22. The third-order valence-corrected chi connectivity index (χ3v) is 7.10. The molecule has 174 valence electrons. The van der Waals surface area contributed by atoms with Crippen molar-refractivity contribution in [3.05, 3.63) is 41.5 Å². The van der Waals surface area contributed by atoms with Crippen LogP contribution in [0.4, 0.5) is 5.69 Å². The molecule has 8 nitrogen and oxygen atoms in total. The van der Waals surface area contributed by atoms with Gasteiger partial charge in [0.05, 0.1) is 38.9 Å². The first-order valence-corrected chi connectivity index (χ1v) is 11.9. The van der Waals surface area contributed by atoms with Crippen molar-refractivity contribution in [1.82, 2.24) is 0 Å². The summed E-state index contributed by atoms with van der Waals surface area (Å²) >= 11 is 0. The maximum atomic E-state index is 13.2. The zero-order valence-electron chi connectivity index (χ0n) is 18.8. The number of anilines is 1. The number of rotatable bonds is 8. The van der Waals surface area contributed by atoms with E-state index in [4.69, 9.17) is 18.9 Å². The van der Waals surface area contributed by atoms with E-state index in [-0.39, 0.29) is 33.4 Å². The SMILES string of the molecule is COC(=O)c1cc(OC)c(OC)c(OC)c1NS(=O)(=O)c1ccc(C2CCCCC2)cc1. The maximum Gasteiger partial charge on any atom is 0.340 e. The fourth-order valence-corrected chi connectivity index (χ4v) is 5.16. The van der Waals surface area contributed by atoms with E-state index < -0.39 is 16.0 Å². The number of esters is 1. The fraction of sp³-hybridized carbons (Fsp3) is 0.435. The lowest BCUT2D eigenvalue weighted by atomic mass is 9.84. The summed E-state index contributed by atoms with van der Waals surface area (Å²) in [5, 5.41) is 0. The third kappa shape index (κ3) is 4.77. The molecule has 0 radical (unpaired) electrons. The minimum Gasteiger partial charge on any atom is -0.493 e. The molecule has 1 aliphatic carbocycles. The number of carbonyl (C=O) groups excluding carboxylic acids is 1. The molecule has 0 bridgehead atoms. The van der Waals surface area contributed by atoms with Gasteiger partial charge in [-0.3, -0.25) is 4.72 Å². The summed E-state index contributed by atoms with van der Waals surface area (Å²) in [5.41, 5.74) is 0.986. The van der Waals surface area contributed by atoms with E-state index in [0.717, 1.165) is 18.4 Å². The van der Waals surface area contributed by atoms with E-state index in [2.05, 4.69) is 4.72 Å². The number of ether oxygens (including phenoxy) is 4. The number of sulfonamides is 1. The van der Waals surface area contributed by atoms with Crippen LogP contribution in [0.15, 0.2) is 35.2 Å². The van der Waals surface area contributed by atoms with Crippen LogP contribution < -0.4 is 18.9 Å². The summed E-state index contributed by atoms with van der Waals surface area (Å²) in [7, 11) is 1.30. The molecule has 0 amide bonds. The Bertz CT molecular complexity index is 1060. The van der Waals surface area contributed by atoms with Crippen LogP contribution in [-0.2, 0) is 14.8 Å². The quantitative estimate of drug-likeness (QED) is 0.581. The molecule has 0 saturated heterocycles. The average Bonchev–Trinajstić information content (AvgIpc) is 2.83. The topological polar surface area (TPSA) is 100 Å². The monoisotopic (exact) mass is 463 g/mol. The van der Waals surface area contributed by atoms with Crippen LogP contribution >= 0.6 is 0 Å². The summed E-state index contributed by atoms with van der Waals surface area (Å²) < 4.78 is 49.7. The highest BCUT2D eigenvalue weighted by molar-refractivity contribution is 7.92. The third-order valence-electron chi connectivity index (χ3n) is 5.74. The first-order valence-electron chi connectivity index (χ1n) is 10.4. The fourth-order valence-electron chi connectivity index (χ4n) is 4.08. The Hall–Kier alpha value is -2.94. The maximum absolute atomic E-state index is 13.2. The molecule has 1 aliphatic rings.